The SMILES string of the molecule is C=CCCc1ccc(C2C=CC(c3ccc(C)cc3)CC2)c(F)c1. The van der Waals surface area contributed by atoms with Crippen molar-refractivity contribution >= 4 is 0 Å². The second-order valence-electron chi connectivity index (χ2n) is 6.77. The van der Waals surface area contributed by atoms with E-state index in [1.165, 1.54) is 11.1 Å². The smallest absolute Gasteiger partial charge is 0.127 e. The van der Waals surface area contributed by atoms with Crippen LogP contribution in [-0.2, 0) is 6.42 Å². The molecule has 1 aliphatic carbocycles. The average molecular weight is 320 g/mol. The molecule has 0 aliphatic heterocycles. The summed E-state index contributed by atoms with van der Waals surface area (Å²) < 4.78 is 14.5. The lowest BCUT2D eigenvalue weighted by Gasteiger charge is -2.24. The van der Waals surface area contributed by atoms with Crippen molar-refractivity contribution < 1.29 is 4.39 Å². The lowest BCUT2D eigenvalue weighted by atomic mass is 9.81. The van der Waals surface area contributed by atoms with Crippen LogP contribution in [0.3, 0.4) is 0 Å². The maximum atomic E-state index is 14.5. The molecule has 1 heteroatoms. The summed E-state index contributed by atoms with van der Waals surface area (Å²) in [7, 11) is 0. The van der Waals surface area contributed by atoms with Crippen LogP contribution in [0.2, 0.25) is 0 Å². The van der Waals surface area contributed by atoms with Gasteiger partial charge in [0.05, 0.1) is 0 Å². The fraction of sp³-hybridized carbons (Fsp3) is 0.304. The zero-order valence-corrected chi connectivity index (χ0v) is 14.3. The van der Waals surface area contributed by atoms with E-state index in [4.69, 9.17) is 0 Å². The summed E-state index contributed by atoms with van der Waals surface area (Å²) in [6.07, 6.45) is 10.1. The van der Waals surface area contributed by atoms with Crippen LogP contribution < -0.4 is 0 Å². The van der Waals surface area contributed by atoms with Crippen LogP contribution >= 0.6 is 0 Å². The molecule has 124 valence electrons. The molecule has 0 bridgehead atoms. The van der Waals surface area contributed by atoms with E-state index in [-0.39, 0.29) is 11.7 Å². The van der Waals surface area contributed by atoms with Gasteiger partial charge in [0.2, 0.25) is 0 Å². The largest absolute Gasteiger partial charge is 0.207 e. The standard InChI is InChI=1S/C23H25F/c1-3-4-5-18-8-15-22(23(24)16-18)21-13-11-20(12-14-21)19-9-6-17(2)7-10-19/h3,6-11,13,15-16,20-21H,1,4-5,12,14H2,2H3. The number of aryl methyl sites for hydroxylation is 2. The summed E-state index contributed by atoms with van der Waals surface area (Å²) in [6.45, 7) is 5.83. The third-order valence-corrected chi connectivity index (χ3v) is 4.97. The Labute approximate surface area is 144 Å². The van der Waals surface area contributed by atoms with Crippen LogP contribution in [0.4, 0.5) is 4.39 Å². The molecule has 2 unspecified atom stereocenters. The second kappa shape index (κ2) is 7.61. The van der Waals surface area contributed by atoms with E-state index in [9.17, 15) is 4.39 Å². The summed E-state index contributed by atoms with van der Waals surface area (Å²) >= 11 is 0. The van der Waals surface area contributed by atoms with Crippen LogP contribution in [0.15, 0.2) is 67.3 Å². The molecule has 2 aromatic rings. The van der Waals surface area contributed by atoms with Crippen molar-refractivity contribution in [3.8, 4) is 0 Å². The van der Waals surface area contributed by atoms with Crippen LogP contribution in [0, 0.1) is 12.7 Å². The van der Waals surface area contributed by atoms with Gasteiger partial charge in [-0.3, -0.25) is 0 Å². The third kappa shape index (κ3) is 3.84. The van der Waals surface area contributed by atoms with Gasteiger partial charge in [0, 0.05) is 11.8 Å². The highest BCUT2D eigenvalue weighted by Crippen LogP contribution is 2.36. The maximum Gasteiger partial charge on any atom is 0.127 e. The van der Waals surface area contributed by atoms with Crippen molar-refractivity contribution in [1.29, 1.82) is 0 Å². The van der Waals surface area contributed by atoms with Crippen molar-refractivity contribution in [3.05, 3.63) is 95.3 Å². The Balaban J connectivity index is 1.72. The predicted molar refractivity (Wildman–Crippen MR) is 100.0 cm³/mol. The lowest BCUT2D eigenvalue weighted by molar-refractivity contribution is 0.555. The first kappa shape index (κ1) is 16.7. The number of rotatable bonds is 5. The van der Waals surface area contributed by atoms with E-state index in [1.54, 1.807) is 6.07 Å². The first-order chi connectivity index (χ1) is 11.7. The Kier molecular flexibility index (Phi) is 5.30. The summed E-state index contributed by atoms with van der Waals surface area (Å²) in [6, 6.07) is 14.5. The van der Waals surface area contributed by atoms with Gasteiger partial charge < -0.3 is 0 Å². The van der Waals surface area contributed by atoms with Gasteiger partial charge in [-0.1, -0.05) is 60.2 Å². The van der Waals surface area contributed by atoms with Gasteiger partial charge in [-0.15, -0.1) is 6.58 Å². The number of halogens is 1. The molecule has 0 amide bonds. The van der Waals surface area contributed by atoms with Crippen LogP contribution in [0.5, 0.6) is 0 Å². The molecule has 0 fully saturated rings. The predicted octanol–water partition coefficient (Wildman–Crippen LogP) is 6.47. The molecule has 0 spiro atoms. The molecular formula is C23H25F. The Hall–Kier alpha value is -2.15. The summed E-state index contributed by atoms with van der Waals surface area (Å²) in [5.41, 5.74) is 4.52. The topological polar surface area (TPSA) is 0 Å². The van der Waals surface area contributed by atoms with E-state index in [0.29, 0.717) is 5.92 Å². The van der Waals surface area contributed by atoms with Crippen molar-refractivity contribution in [2.24, 2.45) is 0 Å². The minimum Gasteiger partial charge on any atom is -0.207 e. The highest BCUT2D eigenvalue weighted by atomic mass is 19.1. The first-order valence-electron chi connectivity index (χ1n) is 8.81. The van der Waals surface area contributed by atoms with Crippen molar-refractivity contribution in [2.75, 3.05) is 0 Å². The molecular weight excluding hydrogens is 295 g/mol. The summed E-state index contributed by atoms with van der Waals surface area (Å²) in [5, 5.41) is 0. The molecule has 0 heterocycles. The maximum absolute atomic E-state index is 14.5. The van der Waals surface area contributed by atoms with E-state index < -0.39 is 0 Å². The molecule has 0 nitrogen and oxygen atoms in total. The lowest BCUT2D eigenvalue weighted by Crippen LogP contribution is -2.08. The average Bonchev–Trinajstić information content (AvgIpc) is 2.61. The van der Waals surface area contributed by atoms with Crippen molar-refractivity contribution in [3.63, 3.8) is 0 Å². The Morgan fingerprint density at radius 2 is 1.75 bits per heavy atom. The normalized spacial score (nSPS) is 20.1. The second-order valence-corrected chi connectivity index (χ2v) is 6.77. The fourth-order valence-electron chi connectivity index (χ4n) is 3.47. The Morgan fingerprint density at radius 3 is 2.38 bits per heavy atom. The molecule has 2 aromatic carbocycles. The van der Waals surface area contributed by atoms with Crippen molar-refractivity contribution in [1.82, 2.24) is 0 Å². The minimum atomic E-state index is -0.0694. The quantitative estimate of drug-likeness (QED) is 0.554. The van der Waals surface area contributed by atoms with Gasteiger partial charge in [-0.25, -0.2) is 4.39 Å². The van der Waals surface area contributed by atoms with Crippen LogP contribution in [0.25, 0.3) is 0 Å². The van der Waals surface area contributed by atoms with Crippen LogP contribution in [0.1, 0.15) is 53.4 Å². The van der Waals surface area contributed by atoms with Gasteiger partial charge in [-0.2, -0.15) is 0 Å². The Bertz CT molecular complexity index is 724. The fourth-order valence-corrected chi connectivity index (χ4v) is 3.47. The van der Waals surface area contributed by atoms with E-state index >= 15 is 0 Å². The highest BCUT2D eigenvalue weighted by Gasteiger charge is 2.20. The number of benzene rings is 2. The number of allylic oxidation sites excluding steroid dienone is 3. The number of hydrogen-bond acceptors (Lipinski definition) is 0. The first-order valence-corrected chi connectivity index (χ1v) is 8.81. The third-order valence-electron chi connectivity index (χ3n) is 4.97. The zero-order valence-electron chi connectivity index (χ0n) is 14.3. The zero-order chi connectivity index (χ0) is 16.9. The molecule has 0 radical (unpaired) electrons. The minimum absolute atomic E-state index is 0.0694. The molecule has 0 aromatic heterocycles. The molecule has 3 rings (SSSR count). The molecule has 1 aliphatic rings. The monoisotopic (exact) mass is 320 g/mol. The van der Waals surface area contributed by atoms with Crippen LogP contribution in [-0.4, -0.2) is 0 Å². The molecule has 2 atom stereocenters. The van der Waals surface area contributed by atoms with Gasteiger partial charge in [0.25, 0.3) is 0 Å². The molecule has 0 saturated carbocycles. The van der Waals surface area contributed by atoms with Gasteiger partial charge in [0.1, 0.15) is 5.82 Å². The number of hydrogen-bond donors (Lipinski definition) is 0. The van der Waals surface area contributed by atoms with Crippen molar-refractivity contribution in [2.45, 2.75) is 44.4 Å². The van der Waals surface area contributed by atoms with E-state index in [0.717, 1.165) is 36.8 Å². The van der Waals surface area contributed by atoms with Gasteiger partial charge >= 0.3 is 0 Å². The summed E-state index contributed by atoms with van der Waals surface area (Å²) in [5.74, 6) is 0.580. The molecule has 0 N–H and O–H groups in total. The Morgan fingerprint density at radius 1 is 1.04 bits per heavy atom. The molecule has 24 heavy (non-hydrogen) atoms. The van der Waals surface area contributed by atoms with Gasteiger partial charge in [-0.05, 0) is 55.4 Å². The van der Waals surface area contributed by atoms with E-state index in [1.807, 2.05) is 12.1 Å². The van der Waals surface area contributed by atoms with E-state index in [2.05, 4.69) is 56.0 Å². The highest BCUT2D eigenvalue weighted by molar-refractivity contribution is 5.34. The van der Waals surface area contributed by atoms with Gasteiger partial charge in [0.15, 0.2) is 0 Å². The summed E-state index contributed by atoms with van der Waals surface area (Å²) in [4.78, 5) is 0. The molecule has 0 saturated heterocycles.